The minimum absolute atomic E-state index is 0.106. The largest absolute Gasteiger partial charge is 0.345 e. The summed E-state index contributed by atoms with van der Waals surface area (Å²) in [5, 5.41) is 1.16. The van der Waals surface area contributed by atoms with E-state index in [4.69, 9.17) is 5.73 Å². The second-order valence-corrected chi connectivity index (χ2v) is 5.43. The molecule has 1 aromatic rings. The van der Waals surface area contributed by atoms with Crippen molar-refractivity contribution in [2.75, 3.05) is 11.4 Å². The minimum Gasteiger partial charge on any atom is -0.345 e. The standard InChI is InChI=1S/C11H19N3S/c1-7-5-4-6-14(7)11-13-9(3)10(15-11)8(2)12/h7-8H,4-6,12H2,1-3H3. The third-order valence-electron chi connectivity index (χ3n) is 3.03. The fraction of sp³-hybridized carbons (Fsp3) is 0.727. The van der Waals surface area contributed by atoms with Crippen molar-refractivity contribution >= 4 is 16.5 Å². The Morgan fingerprint density at radius 3 is 2.80 bits per heavy atom. The van der Waals surface area contributed by atoms with Gasteiger partial charge in [0.25, 0.3) is 0 Å². The predicted octanol–water partition coefficient (Wildman–Crippen LogP) is 2.46. The summed E-state index contributed by atoms with van der Waals surface area (Å²) >= 11 is 1.76. The van der Waals surface area contributed by atoms with E-state index in [1.807, 2.05) is 6.92 Å². The summed E-state index contributed by atoms with van der Waals surface area (Å²) in [5.74, 6) is 0. The maximum absolute atomic E-state index is 5.91. The summed E-state index contributed by atoms with van der Waals surface area (Å²) in [4.78, 5) is 8.26. The first-order valence-corrected chi connectivity index (χ1v) is 6.40. The number of thiazole rings is 1. The maximum atomic E-state index is 5.91. The fourth-order valence-corrected chi connectivity index (χ4v) is 3.30. The van der Waals surface area contributed by atoms with Crippen LogP contribution in [0.1, 0.15) is 43.3 Å². The molecule has 2 unspecified atom stereocenters. The van der Waals surface area contributed by atoms with Gasteiger partial charge in [0.05, 0.1) is 5.69 Å². The van der Waals surface area contributed by atoms with Crippen molar-refractivity contribution in [3.05, 3.63) is 10.6 Å². The van der Waals surface area contributed by atoms with Crippen LogP contribution in [0.15, 0.2) is 0 Å². The zero-order chi connectivity index (χ0) is 11.0. The number of anilines is 1. The van der Waals surface area contributed by atoms with Crippen LogP contribution in [0.25, 0.3) is 0 Å². The van der Waals surface area contributed by atoms with Crippen LogP contribution in [-0.2, 0) is 0 Å². The van der Waals surface area contributed by atoms with Gasteiger partial charge in [0.1, 0.15) is 0 Å². The number of nitrogens with two attached hydrogens (primary N) is 1. The number of nitrogens with zero attached hydrogens (tertiary/aromatic N) is 2. The van der Waals surface area contributed by atoms with E-state index >= 15 is 0 Å². The van der Waals surface area contributed by atoms with E-state index in [1.54, 1.807) is 11.3 Å². The lowest BCUT2D eigenvalue weighted by molar-refractivity contribution is 0.732. The van der Waals surface area contributed by atoms with E-state index in [-0.39, 0.29) is 6.04 Å². The minimum atomic E-state index is 0.106. The normalized spacial score (nSPS) is 23.5. The van der Waals surface area contributed by atoms with Gasteiger partial charge in [-0.2, -0.15) is 0 Å². The molecule has 0 amide bonds. The van der Waals surface area contributed by atoms with Gasteiger partial charge >= 0.3 is 0 Å². The first-order valence-electron chi connectivity index (χ1n) is 5.59. The summed E-state index contributed by atoms with van der Waals surface area (Å²) in [7, 11) is 0. The molecular formula is C11H19N3S. The Morgan fingerprint density at radius 2 is 2.33 bits per heavy atom. The monoisotopic (exact) mass is 225 g/mol. The van der Waals surface area contributed by atoms with E-state index in [1.165, 1.54) is 17.7 Å². The Kier molecular flexibility index (Phi) is 2.98. The molecule has 4 heteroatoms. The molecular weight excluding hydrogens is 206 g/mol. The second kappa shape index (κ2) is 4.10. The predicted molar refractivity (Wildman–Crippen MR) is 65.5 cm³/mol. The lowest BCUT2D eigenvalue weighted by Crippen LogP contribution is -2.25. The van der Waals surface area contributed by atoms with Crippen LogP contribution < -0.4 is 10.6 Å². The molecule has 2 rings (SSSR count). The lowest BCUT2D eigenvalue weighted by atomic mass is 10.2. The molecule has 0 aromatic carbocycles. The van der Waals surface area contributed by atoms with Crippen molar-refractivity contribution in [1.29, 1.82) is 0 Å². The summed E-state index contributed by atoms with van der Waals surface area (Å²) in [5.41, 5.74) is 7.01. The van der Waals surface area contributed by atoms with E-state index in [0.717, 1.165) is 17.4 Å². The first-order chi connectivity index (χ1) is 7.09. The molecule has 2 N–H and O–H groups in total. The van der Waals surface area contributed by atoms with Gasteiger partial charge in [0.2, 0.25) is 0 Å². The smallest absolute Gasteiger partial charge is 0.186 e. The number of rotatable bonds is 2. The Labute approximate surface area is 95.3 Å². The SMILES string of the molecule is Cc1nc(N2CCCC2C)sc1C(C)N. The van der Waals surface area contributed by atoms with E-state index in [0.29, 0.717) is 6.04 Å². The molecule has 1 aliphatic rings. The van der Waals surface area contributed by atoms with Crippen LogP contribution in [-0.4, -0.2) is 17.6 Å². The summed E-state index contributed by atoms with van der Waals surface area (Å²) in [6, 6.07) is 0.741. The molecule has 84 valence electrons. The second-order valence-electron chi connectivity index (χ2n) is 4.42. The summed E-state index contributed by atoms with van der Waals surface area (Å²) in [6.07, 6.45) is 2.57. The van der Waals surface area contributed by atoms with Crippen molar-refractivity contribution in [3.63, 3.8) is 0 Å². The average Bonchev–Trinajstić information content (AvgIpc) is 2.71. The van der Waals surface area contributed by atoms with Gasteiger partial charge in [0.15, 0.2) is 5.13 Å². The van der Waals surface area contributed by atoms with Crippen molar-refractivity contribution in [2.45, 2.75) is 45.7 Å². The highest BCUT2D eigenvalue weighted by atomic mass is 32.1. The Balaban J connectivity index is 2.25. The van der Waals surface area contributed by atoms with Crippen LogP contribution in [0.4, 0.5) is 5.13 Å². The molecule has 0 radical (unpaired) electrons. The molecule has 0 spiro atoms. The van der Waals surface area contributed by atoms with E-state index in [9.17, 15) is 0 Å². The van der Waals surface area contributed by atoms with Crippen molar-refractivity contribution in [2.24, 2.45) is 5.73 Å². The zero-order valence-corrected chi connectivity index (χ0v) is 10.5. The third kappa shape index (κ3) is 2.01. The average molecular weight is 225 g/mol. The molecule has 0 aliphatic carbocycles. The highest BCUT2D eigenvalue weighted by Crippen LogP contribution is 2.33. The van der Waals surface area contributed by atoms with Crippen LogP contribution in [0, 0.1) is 6.92 Å². The summed E-state index contributed by atoms with van der Waals surface area (Å²) in [6.45, 7) is 7.50. The van der Waals surface area contributed by atoms with Gasteiger partial charge in [-0.05, 0) is 33.6 Å². The van der Waals surface area contributed by atoms with Gasteiger partial charge in [-0.3, -0.25) is 0 Å². The van der Waals surface area contributed by atoms with Gasteiger partial charge in [0, 0.05) is 23.5 Å². The molecule has 0 bridgehead atoms. The molecule has 2 heterocycles. The Bertz CT molecular complexity index is 346. The third-order valence-corrected chi connectivity index (χ3v) is 4.43. The van der Waals surface area contributed by atoms with Gasteiger partial charge in [-0.25, -0.2) is 4.98 Å². The molecule has 0 saturated carbocycles. The first kappa shape index (κ1) is 10.9. The zero-order valence-electron chi connectivity index (χ0n) is 9.66. The van der Waals surface area contributed by atoms with Crippen LogP contribution in [0.3, 0.4) is 0 Å². The fourth-order valence-electron chi connectivity index (χ4n) is 2.16. The Hall–Kier alpha value is -0.610. The van der Waals surface area contributed by atoms with Crippen LogP contribution in [0.2, 0.25) is 0 Å². The van der Waals surface area contributed by atoms with Crippen LogP contribution >= 0.6 is 11.3 Å². The molecule has 1 fully saturated rings. The molecule has 1 saturated heterocycles. The van der Waals surface area contributed by atoms with Gasteiger partial charge in [-0.1, -0.05) is 0 Å². The number of hydrogen-bond donors (Lipinski definition) is 1. The topological polar surface area (TPSA) is 42.2 Å². The van der Waals surface area contributed by atoms with Gasteiger partial charge < -0.3 is 10.6 Å². The molecule has 3 nitrogen and oxygen atoms in total. The molecule has 2 atom stereocenters. The van der Waals surface area contributed by atoms with Gasteiger partial charge in [-0.15, -0.1) is 11.3 Å². The molecule has 15 heavy (non-hydrogen) atoms. The quantitative estimate of drug-likeness (QED) is 0.840. The number of aromatic nitrogens is 1. The Morgan fingerprint density at radius 1 is 1.60 bits per heavy atom. The van der Waals surface area contributed by atoms with E-state index < -0.39 is 0 Å². The highest BCUT2D eigenvalue weighted by molar-refractivity contribution is 7.15. The van der Waals surface area contributed by atoms with E-state index in [2.05, 4.69) is 23.7 Å². The maximum Gasteiger partial charge on any atom is 0.186 e. The highest BCUT2D eigenvalue weighted by Gasteiger charge is 2.24. The molecule has 1 aliphatic heterocycles. The van der Waals surface area contributed by atoms with Crippen molar-refractivity contribution in [3.8, 4) is 0 Å². The van der Waals surface area contributed by atoms with Crippen molar-refractivity contribution < 1.29 is 0 Å². The number of hydrogen-bond acceptors (Lipinski definition) is 4. The molecule has 1 aromatic heterocycles. The van der Waals surface area contributed by atoms with Crippen molar-refractivity contribution in [1.82, 2.24) is 4.98 Å². The number of aryl methyl sites for hydroxylation is 1. The summed E-state index contributed by atoms with van der Waals surface area (Å²) < 4.78 is 0. The lowest BCUT2D eigenvalue weighted by Gasteiger charge is -2.19. The van der Waals surface area contributed by atoms with Crippen LogP contribution in [0.5, 0.6) is 0 Å².